The molecule has 1 aromatic rings. The van der Waals surface area contributed by atoms with E-state index in [1.165, 1.54) is 62.6 Å². The van der Waals surface area contributed by atoms with Crippen LogP contribution in [0.2, 0.25) is 0 Å². The van der Waals surface area contributed by atoms with Gasteiger partial charge in [-0.25, -0.2) is 0 Å². The number of hydrogen-bond donors (Lipinski definition) is 0. The van der Waals surface area contributed by atoms with Gasteiger partial charge < -0.3 is 4.79 Å². The number of aromatic nitrogens is 1. The smallest absolute Gasteiger partial charge is 0.120 e. The molecule has 1 fully saturated rings. The fraction of sp³-hybridized carbons (Fsp3) is 0.700. The number of rotatable bonds is 9. The number of unbranched alkanes of at least 4 members (excludes halogenated alkanes) is 3. The van der Waals surface area contributed by atoms with E-state index in [1.54, 1.807) is 0 Å². The molecule has 0 aliphatic heterocycles. The van der Waals surface area contributed by atoms with Crippen LogP contribution in [0.5, 0.6) is 0 Å². The number of hydrogen-bond acceptors (Lipinski definition) is 2. The molecule has 0 atom stereocenters. The molecule has 0 amide bonds. The van der Waals surface area contributed by atoms with E-state index in [0.717, 1.165) is 25.0 Å². The van der Waals surface area contributed by atoms with Crippen LogP contribution in [-0.2, 0) is 11.2 Å². The first-order valence-electron chi connectivity index (χ1n) is 9.22. The van der Waals surface area contributed by atoms with E-state index in [-0.39, 0.29) is 0 Å². The van der Waals surface area contributed by atoms with Crippen LogP contribution in [0, 0.1) is 5.92 Å². The molecule has 2 heteroatoms. The van der Waals surface area contributed by atoms with Crippen molar-refractivity contribution in [3.05, 3.63) is 29.6 Å². The molecule has 2 rings (SSSR count). The highest BCUT2D eigenvalue weighted by Crippen LogP contribution is 2.37. The fourth-order valence-corrected chi connectivity index (χ4v) is 3.64. The van der Waals surface area contributed by atoms with Crippen LogP contribution < -0.4 is 0 Å². The molecule has 0 spiro atoms. The SMILES string of the molecule is CCCCCC1CCC(c2ccc(CCCC=O)cn2)CC1. The number of aryl methyl sites for hydroxylation is 1. The minimum Gasteiger partial charge on any atom is -0.303 e. The molecule has 1 aliphatic rings. The summed E-state index contributed by atoms with van der Waals surface area (Å²) in [6, 6.07) is 4.43. The predicted molar refractivity (Wildman–Crippen MR) is 92.1 cm³/mol. The first-order valence-corrected chi connectivity index (χ1v) is 9.22. The summed E-state index contributed by atoms with van der Waals surface area (Å²) in [5.41, 5.74) is 2.55. The summed E-state index contributed by atoms with van der Waals surface area (Å²) >= 11 is 0. The van der Waals surface area contributed by atoms with Gasteiger partial charge >= 0.3 is 0 Å². The zero-order chi connectivity index (χ0) is 15.6. The van der Waals surface area contributed by atoms with Crippen molar-refractivity contribution in [2.75, 3.05) is 0 Å². The second-order valence-corrected chi connectivity index (χ2v) is 6.86. The minimum absolute atomic E-state index is 0.657. The van der Waals surface area contributed by atoms with E-state index in [4.69, 9.17) is 4.98 Å². The molecular formula is C20H31NO. The lowest BCUT2D eigenvalue weighted by molar-refractivity contribution is -0.107. The molecule has 1 aliphatic carbocycles. The van der Waals surface area contributed by atoms with Crippen molar-refractivity contribution in [2.45, 2.75) is 83.5 Å². The number of aldehydes is 1. The lowest BCUT2D eigenvalue weighted by atomic mass is 9.78. The van der Waals surface area contributed by atoms with Crippen LogP contribution >= 0.6 is 0 Å². The largest absolute Gasteiger partial charge is 0.303 e. The Morgan fingerprint density at radius 3 is 2.59 bits per heavy atom. The third kappa shape index (κ3) is 5.55. The average molecular weight is 301 g/mol. The van der Waals surface area contributed by atoms with Crippen molar-refractivity contribution in [3.8, 4) is 0 Å². The van der Waals surface area contributed by atoms with Crippen LogP contribution in [0.15, 0.2) is 18.3 Å². The highest BCUT2D eigenvalue weighted by Gasteiger charge is 2.22. The topological polar surface area (TPSA) is 30.0 Å². The summed E-state index contributed by atoms with van der Waals surface area (Å²) in [6.07, 6.45) is 16.6. The van der Waals surface area contributed by atoms with E-state index in [1.807, 2.05) is 6.20 Å². The van der Waals surface area contributed by atoms with Gasteiger partial charge in [0.15, 0.2) is 0 Å². The van der Waals surface area contributed by atoms with Crippen molar-refractivity contribution >= 4 is 6.29 Å². The molecule has 1 heterocycles. The first-order chi connectivity index (χ1) is 10.8. The molecule has 0 N–H and O–H groups in total. The molecule has 1 saturated carbocycles. The second-order valence-electron chi connectivity index (χ2n) is 6.86. The van der Waals surface area contributed by atoms with Gasteiger partial charge in [-0.3, -0.25) is 4.98 Å². The Kier molecular flexibility index (Phi) is 7.62. The Bertz CT molecular complexity index is 418. The van der Waals surface area contributed by atoms with Gasteiger partial charge in [-0.2, -0.15) is 0 Å². The third-order valence-corrected chi connectivity index (χ3v) is 5.12. The molecule has 1 aromatic heterocycles. The van der Waals surface area contributed by atoms with Crippen molar-refractivity contribution in [1.29, 1.82) is 0 Å². The lowest BCUT2D eigenvalue weighted by Gasteiger charge is -2.28. The molecule has 122 valence electrons. The summed E-state index contributed by atoms with van der Waals surface area (Å²) in [7, 11) is 0. The summed E-state index contributed by atoms with van der Waals surface area (Å²) in [6.45, 7) is 2.28. The van der Waals surface area contributed by atoms with Crippen molar-refractivity contribution in [2.24, 2.45) is 5.92 Å². The summed E-state index contributed by atoms with van der Waals surface area (Å²) < 4.78 is 0. The zero-order valence-electron chi connectivity index (χ0n) is 14.1. The number of nitrogens with zero attached hydrogens (tertiary/aromatic N) is 1. The van der Waals surface area contributed by atoms with Crippen molar-refractivity contribution < 1.29 is 4.79 Å². The van der Waals surface area contributed by atoms with Gasteiger partial charge in [0, 0.05) is 24.2 Å². The Morgan fingerprint density at radius 2 is 1.95 bits per heavy atom. The molecule has 0 bridgehead atoms. The van der Waals surface area contributed by atoms with Gasteiger partial charge in [0.1, 0.15) is 6.29 Å². The van der Waals surface area contributed by atoms with E-state index in [9.17, 15) is 4.79 Å². The lowest BCUT2D eigenvalue weighted by Crippen LogP contribution is -2.14. The molecule has 22 heavy (non-hydrogen) atoms. The van der Waals surface area contributed by atoms with Crippen LogP contribution in [0.25, 0.3) is 0 Å². The van der Waals surface area contributed by atoms with E-state index >= 15 is 0 Å². The Labute approximate surface area is 135 Å². The van der Waals surface area contributed by atoms with E-state index in [2.05, 4.69) is 19.1 Å². The monoisotopic (exact) mass is 301 g/mol. The van der Waals surface area contributed by atoms with Gasteiger partial charge in [0.25, 0.3) is 0 Å². The maximum Gasteiger partial charge on any atom is 0.120 e. The molecular weight excluding hydrogens is 270 g/mol. The van der Waals surface area contributed by atoms with Gasteiger partial charge in [-0.15, -0.1) is 0 Å². The molecule has 0 saturated heterocycles. The molecule has 0 radical (unpaired) electrons. The van der Waals surface area contributed by atoms with Crippen LogP contribution in [0.3, 0.4) is 0 Å². The number of pyridine rings is 1. The van der Waals surface area contributed by atoms with Crippen LogP contribution in [0.1, 0.15) is 88.3 Å². The van der Waals surface area contributed by atoms with Crippen molar-refractivity contribution in [3.63, 3.8) is 0 Å². The van der Waals surface area contributed by atoms with Gasteiger partial charge in [-0.1, -0.05) is 38.7 Å². The maximum atomic E-state index is 10.3. The quantitative estimate of drug-likeness (QED) is 0.448. The Hall–Kier alpha value is -1.18. The summed E-state index contributed by atoms with van der Waals surface area (Å²) in [5, 5.41) is 0. The normalized spacial score (nSPS) is 21.7. The summed E-state index contributed by atoms with van der Waals surface area (Å²) in [4.78, 5) is 15.0. The highest BCUT2D eigenvalue weighted by atomic mass is 16.1. The summed E-state index contributed by atoms with van der Waals surface area (Å²) in [5.74, 6) is 1.64. The average Bonchev–Trinajstić information content (AvgIpc) is 2.57. The maximum absolute atomic E-state index is 10.3. The van der Waals surface area contributed by atoms with Crippen LogP contribution in [-0.4, -0.2) is 11.3 Å². The second kappa shape index (κ2) is 9.76. The zero-order valence-corrected chi connectivity index (χ0v) is 14.1. The highest BCUT2D eigenvalue weighted by molar-refractivity contribution is 5.49. The number of carbonyl (C=O) groups is 1. The van der Waals surface area contributed by atoms with E-state index < -0.39 is 0 Å². The van der Waals surface area contributed by atoms with Gasteiger partial charge in [0.2, 0.25) is 0 Å². The molecule has 0 aromatic carbocycles. The standard InChI is InChI=1S/C20H31NO/c1-2-3-4-7-17-9-12-19(13-10-17)20-14-11-18(16-21-20)8-5-6-15-22/h11,14-17,19H,2-10,12-13H2,1H3. The minimum atomic E-state index is 0.657. The van der Waals surface area contributed by atoms with Gasteiger partial charge in [-0.05, 0) is 56.1 Å². The molecule has 0 unspecified atom stereocenters. The molecule has 2 nitrogen and oxygen atoms in total. The third-order valence-electron chi connectivity index (χ3n) is 5.12. The predicted octanol–water partition coefficient (Wildman–Crippen LogP) is 5.46. The Balaban J connectivity index is 1.75. The first kappa shape index (κ1) is 17.2. The Morgan fingerprint density at radius 1 is 1.14 bits per heavy atom. The van der Waals surface area contributed by atoms with Gasteiger partial charge in [0.05, 0.1) is 0 Å². The van der Waals surface area contributed by atoms with Crippen LogP contribution in [0.4, 0.5) is 0 Å². The van der Waals surface area contributed by atoms with Crippen molar-refractivity contribution in [1.82, 2.24) is 4.98 Å². The van der Waals surface area contributed by atoms with E-state index in [0.29, 0.717) is 12.3 Å². The number of carbonyl (C=O) groups excluding carboxylic acids is 1. The fourth-order valence-electron chi connectivity index (χ4n) is 3.64.